The second-order valence-corrected chi connectivity index (χ2v) is 14.7. The highest BCUT2D eigenvalue weighted by atomic mass is 35.5. The lowest BCUT2D eigenvalue weighted by Crippen LogP contribution is -2.38. The molecule has 2 aliphatic rings. The molecule has 3 atom stereocenters. The molecule has 274 valence electrons. The summed E-state index contributed by atoms with van der Waals surface area (Å²) in [5.74, 6) is -9.71. The van der Waals surface area contributed by atoms with Gasteiger partial charge in [0.05, 0.1) is 33.9 Å². The van der Waals surface area contributed by atoms with E-state index < -0.39 is 93.0 Å². The van der Waals surface area contributed by atoms with Gasteiger partial charge >= 0.3 is 6.18 Å². The minimum atomic E-state index is -5.08. The summed E-state index contributed by atoms with van der Waals surface area (Å²) in [6, 6.07) is 4.69. The fourth-order valence-electron chi connectivity index (χ4n) is 6.84. The van der Waals surface area contributed by atoms with E-state index in [-0.39, 0.29) is 45.2 Å². The molecule has 52 heavy (non-hydrogen) atoms. The fourth-order valence-corrected chi connectivity index (χ4v) is 7.57. The first-order valence-corrected chi connectivity index (χ1v) is 17.5. The van der Waals surface area contributed by atoms with Gasteiger partial charge < -0.3 is 5.32 Å². The SMILES string of the molecule is Cn1nc(NS(C)(=O)=O)c2c(Cl)ccc(-n3c([C@H](Cc4cc(F)cc(F)c4)NC(=O)Cn4nc(C(F)(F)F)c5c4C(F)(F)[C@@H]4C[C@H]54)nccc3=O)c21. The number of amides is 1. The van der Waals surface area contributed by atoms with E-state index in [2.05, 4.69) is 25.2 Å². The molecule has 1 amide bonds. The van der Waals surface area contributed by atoms with Gasteiger partial charge in [0.15, 0.2) is 11.5 Å². The molecule has 0 aliphatic heterocycles. The maximum atomic E-state index is 15.2. The van der Waals surface area contributed by atoms with Gasteiger partial charge in [-0.3, -0.25) is 28.2 Å². The molecule has 0 bridgehead atoms. The summed E-state index contributed by atoms with van der Waals surface area (Å²) in [5.41, 5.74) is -3.91. The van der Waals surface area contributed by atoms with E-state index in [9.17, 15) is 40.0 Å². The van der Waals surface area contributed by atoms with Crippen LogP contribution < -0.4 is 15.6 Å². The van der Waals surface area contributed by atoms with Gasteiger partial charge in [-0.1, -0.05) is 11.6 Å². The lowest BCUT2D eigenvalue weighted by atomic mass is 10.0. The smallest absolute Gasteiger partial charge is 0.344 e. The maximum absolute atomic E-state index is 15.2. The van der Waals surface area contributed by atoms with E-state index in [4.69, 9.17) is 11.6 Å². The van der Waals surface area contributed by atoms with Crippen LogP contribution in [0.4, 0.5) is 36.6 Å². The number of nitrogens with zero attached hydrogens (tertiary/aromatic N) is 6. The van der Waals surface area contributed by atoms with E-state index in [1.807, 2.05) is 0 Å². The number of aromatic nitrogens is 6. The zero-order valence-corrected chi connectivity index (χ0v) is 28.2. The van der Waals surface area contributed by atoms with Gasteiger partial charge in [0, 0.05) is 43.3 Å². The number of alkyl halides is 5. The highest BCUT2D eigenvalue weighted by molar-refractivity contribution is 7.92. The van der Waals surface area contributed by atoms with Gasteiger partial charge in [-0.25, -0.2) is 22.2 Å². The Morgan fingerprint density at radius 3 is 2.46 bits per heavy atom. The quantitative estimate of drug-likeness (QED) is 0.202. The van der Waals surface area contributed by atoms with Gasteiger partial charge in [-0.2, -0.15) is 32.1 Å². The van der Waals surface area contributed by atoms with Crippen LogP contribution in [0.1, 0.15) is 46.7 Å². The molecule has 0 saturated heterocycles. The number of rotatable bonds is 9. The Morgan fingerprint density at radius 2 is 1.81 bits per heavy atom. The van der Waals surface area contributed by atoms with Crippen molar-refractivity contribution in [2.24, 2.45) is 13.0 Å². The predicted molar refractivity (Wildman–Crippen MR) is 170 cm³/mol. The third kappa shape index (κ3) is 6.16. The van der Waals surface area contributed by atoms with Crippen molar-refractivity contribution in [3.63, 3.8) is 0 Å². The molecule has 2 N–H and O–H groups in total. The number of fused-ring (bicyclic) bond motifs is 4. The van der Waals surface area contributed by atoms with Crippen molar-refractivity contribution in [1.29, 1.82) is 0 Å². The molecule has 3 heterocycles. The molecule has 3 aromatic heterocycles. The molecule has 21 heteroatoms. The number of carbonyl (C=O) groups is 1. The van der Waals surface area contributed by atoms with Crippen LogP contribution in [0.3, 0.4) is 0 Å². The third-order valence-corrected chi connectivity index (χ3v) is 9.69. The predicted octanol–water partition coefficient (Wildman–Crippen LogP) is 4.95. The number of sulfonamides is 1. The molecule has 12 nitrogen and oxygen atoms in total. The first kappa shape index (κ1) is 35.4. The topological polar surface area (TPSA) is 146 Å². The first-order chi connectivity index (χ1) is 24.2. The minimum absolute atomic E-state index is 0.00676. The van der Waals surface area contributed by atoms with E-state index in [1.165, 1.54) is 23.9 Å². The van der Waals surface area contributed by atoms with Crippen LogP contribution in [0.25, 0.3) is 16.6 Å². The Labute approximate surface area is 293 Å². The number of anilines is 1. The van der Waals surface area contributed by atoms with Crippen LogP contribution in [0, 0.1) is 17.6 Å². The molecule has 0 spiro atoms. The Bertz CT molecular complexity index is 2460. The Kier molecular flexibility index (Phi) is 8.20. The lowest BCUT2D eigenvalue weighted by Gasteiger charge is -2.23. The summed E-state index contributed by atoms with van der Waals surface area (Å²) in [4.78, 5) is 31.5. The van der Waals surface area contributed by atoms with Gasteiger partial charge in [0.1, 0.15) is 29.7 Å². The monoisotopic (exact) mass is 772 g/mol. The van der Waals surface area contributed by atoms with Gasteiger partial charge in [-0.05, 0) is 42.2 Å². The second-order valence-electron chi connectivity index (χ2n) is 12.6. The Balaban J connectivity index is 1.34. The maximum Gasteiger partial charge on any atom is 0.435 e. The number of aryl methyl sites for hydroxylation is 1. The molecule has 1 saturated carbocycles. The highest BCUT2D eigenvalue weighted by Crippen LogP contribution is 2.68. The molecule has 7 rings (SSSR count). The second kappa shape index (κ2) is 12.0. The average Bonchev–Trinajstić information content (AvgIpc) is 3.55. The van der Waals surface area contributed by atoms with E-state index >= 15 is 8.78 Å². The number of hydrogen-bond donors (Lipinski definition) is 2. The molecule has 5 aromatic rings. The molecule has 0 radical (unpaired) electrons. The lowest BCUT2D eigenvalue weighted by molar-refractivity contribution is -0.142. The van der Waals surface area contributed by atoms with Crippen LogP contribution in [0.2, 0.25) is 5.02 Å². The Hall–Kier alpha value is -4.98. The molecule has 2 aromatic carbocycles. The molecule has 2 aliphatic carbocycles. The standard InChI is InChI=1S/C31H24ClF7N8O4S/c1-45-25-20(4-3-18(32)24(25)28(43-45)44-52(2,50)51)47-22(49)5-6-40-29(47)19(9-13-7-14(33)10-15(34)8-13)41-21(48)12-46-27-23(26(42-46)31(37,38)39)16-11-17(16)30(27,35)36/h3-8,10,16-17,19H,9,11-12H2,1-2H3,(H,41,48)(H,43,44)/t16-,17+,19-/m0/s1. The van der Waals surface area contributed by atoms with Crippen LogP contribution in [0.15, 0.2) is 47.4 Å². The van der Waals surface area contributed by atoms with Crippen LogP contribution >= 0.6 is 11.6 Å². The van der Waals surface area contributed by atoms with Crippen LogP contribution in [0.5, 0.6) is 0 Å². The van der Waals surface area contributed by atoms with Crippen molar-refractivity contribution in [2.45, 2.75) is 43.4 Å². The number of hydrogen-bond acceptors (Lipinski definition) is 7. The summed E-state index contributed by atoms with van der Waals surface area (Å²) in [6.45, 7) is -1.12. The number of carbonyl (C=O) groups excluding carboxylic acids is 1. The van der Waals surface area contributed by atoms with Crippen molar-refractivity contribution in [3.05, 3.63) is 97.9 Å². The Morgan fingerprint density at radius 1 is 1.12 bits per heavy atom. The largest absolute Gasteiger partial charge is 0.435 e. The number of nitrogens with one attached hydrogen (secondary N) is 2. The molecule has 1 fully saturated rings. The summed E-state index contributed by atoms with van der Waals surface area (Å²) in [6.07, 6.45) is -3.77. The van der Waals surface area contributed by atoms with Gasteiger partial charge in [-0.15, -0.1) is 0 Å². The summed E-state index contributed by atoms with van der Waals surface area (Å²) < 4.78 is 130. The van der Waals surface area contributed by atoms with E-state index in [0.29, 0.717) is 10.7 Å². The first-order valence-electron chi connectivity index (χ1n) is 15.3. The zero-order valence-electron chi connectivity index (χ0n) is 26.6. The zero-order chi connectivity index (χ0) is 37.7. The number of halogens is 8. The summed E-state index contributed by atoms with van der Waals surface area (Å²) in [5, 5.41) is 10.1. The average molecular weight is 773 g/mol. The highest BCUT2D eigenvalue weighted by Gasteiger charge is 2.68. The summed E-state index contributed by atoms with van der Waals surface area (Å²) in [7, 11) is -2.45. The fraction of sp³-hybridized carbons (Fsp3) is 0.323. The van der Waals surface area contributed by atoms with E-state index in [1.54, 1.807) is 0 Å². The minimum Gasteiger partial charge on any atom is -0.344 e. The van der Waals surface area contributed by atoms with Crippen molar-refractivity contribution in [1.82, 2.24) is 34.4 Å². The van der Waals surface area contributed by atoms with Crippen molar-refractivity contribution in [3.8, 4) is 5.69 Å². The van der Waals surface area contributed by atoms with Crippen molar-refractivity contribution < 1.29 is 43.9 Å². The number of benzene rings is 2. The van der Waals surface area contributed by atoms with Crippen molar-refractivity contribution >= 4 is 44.3 Å². The van der Waals surface area contributed by atoms with Gasteiger partial charge in [0.25, 0.3) is 11.5 Å². The van der Waals surface area contributed by atoms with Crippen LogP contribution in [-0.4, -0.2) is 49.7 Å². The summed E-state index contributed by atoms with van der Waals surface area (Å²) >= 11 is 6.44. The third-order valence-electron chi connectivity index (χ3n) is 8.82. The van der Waals surface area contributed by atoms with E-state index in [0.717, 1.165) is 35.2 Å². The van der Waals surface area contributed by atoms with Crippen LogP contribution in [-0.2, 0) is 46.9 Å². The van der Waals surface area contributed by atoms with Crippen molar-refractivity contribution in [2.75, 3.05) is 11.0 Å². The van der Waals surface area contributed by atoms with Gasteiger partial charge in [0.2, 0.25) is 15.9 Å². The molecular formula is C31H24ClF7N8O4S. The normalized spacial score (nSPS) is 18.3. The molecule has 0 unspecified atom stereocenters. The molecular weight excluding hydrogens is 749 g/mol.